The summed E-state index contributed by atoms with van der Waals surface area (Å²) in [6.45, 7) is 4.42. The van der Waals surface area contributed by atoms with E-state index in [1.165, 1.54) is 0 Å². The van der Waals surface area contributed by atoms with Gasteiger partial charge in [-0.2, -0.15) is 0 Å². The van der Waals surface area contributed by atoms with Crippen molar-refractivity contribution < 1.29 is 24.5 Å². The maximum atomic E-state index is 12.0. The fourth-order valence-electron chi connectivity index (χ4n) is 7.90. The molecule has 5 nitrogen and oxygen atoms in total. The Kier molecular flexibility index (Phi) is 3.46. The molecule has 1 aliphatic heterocycles. The lowest BCUT2D eigenvalue weighted by molar-refractivity contribution is -0.307. The second-order valence-corrected chi connectivity index (χ2v) is 10.2. The summed E-state index contributed by atoms with van der Waals surface area (Å²) in [7, 11) is 0. The summed E-state index contributed by atoms with van der Waals surface area (Å²) >= 11 is 0. The summed E-state index contributed by atoms with van der Waals surface area (Å²) in [6, 6.07) is 0. The maximum Gasteiger partial charge on any atom is 0.155 e. The van der Waals surface area contributed by atoms with Crippen molar-refractivity contribution in [2.75, 3.05) is 0 Å². The smallest absolute Gasteiger partial charge is 0.155 e. The summed E-state index contributed by atoms with van der Waals surface area (Å²) in [6.07, 6.45) is 9.20. The number of ketones is 1. The number of ether oxygens (including phenoxy) is 1. The van der Waals surface area contributed by atoms with E-state index in [9.17, 15) is 19.8 Å². The van der Waals surface area contributed by atoms with Crippen molar-refractivity contribution in [3.8, 4) is 0 Å². The molecule has 8 atom stereocenters. The molecule has 148 valence electrons. The molecular weight excluding hydrogens is 344 g/mol. The van der Waals surface area contributed by atoms with Crippen LogP contribution in [0.5, 0.6) is 0 Å². The molecule has 0 aromatic rings. The fraction of sp³-hybridized carbons (Fsp3) is 0.818. The second kappa shape index (κ2) is 5.24. The lowest BCUT2D eigenvalue weighted by Crippen LogP contribution is -2.61. The highest BCUT2D eigenvalue weighted by Gasteiger charge is 2.80. The molecule has 5 heteroatoms. The van der Waals surface area contributed by atoms with Crippen LogP contribution in [0.4, 0.5) is 0 Å². The van der Waals surface area contributed by atoms with E-state index in [2.05, 4.69) is 19.9 Å². The minimum Gasteiger partial charge on any atom is -0.550 e. The van der Waals surface area contributed by atoms with E-state index < -0.39 is 11.6 Å². The molecule has 4 aliphatic carbocycles. The molecule has 0 unspecified atom stereocenters. The van der Waals surface area contributed by atoms with Gasteiger partial charge >= 0.3 is 0 Å². The van der Waals surface area contributed by atoms with Gasteiger partial charge in [-0.1, -0.05) is 19.9 Å². The lowest BCUT2D eigenvalue weighted by Gasteiger charge is -2.57. The molecule has 1 saturated heterocycles. The van der Waals surface area contributed by atoms with Gasteiger partial charge in [-0.3, -0.25) is 4.79 Å². The Labute approximate surface area is 160 Å². The first-order chi connectivity index (χ1) is 12.7. The number of allylic oxidation sites excluding steroid dienone is 1. The molecule has 1 heterocycles. The van der Waals surface area contributed by atoms with Crippen molar-refractivity contribution in [3.63, 3.8) is 0 Å². The van der Waals surface area contributed by atoms with Crippen LogP contribution in [-0.4, -0.2) is 34.2 Å². The highest BCUT2D eigenvalue weighted by molar-refractivity contribution is 5.91. The third-order valence-corrected chi connectivity index (χ3v) is 9.48. The Morgan fingerprint density at radius 1 is 1.30 bits per heavy atom. The van der Waals surface area contributed by atoms with Crippen molar-refractivity contribution in [2.45, 2.75) is 82.5 Å². The van der Waals surface area contributed by atoms with E-state index in [1.807, 2.05) is 0 Å². The zero-order chi connectivity index (χ0) is 19.2. The molecule has 0 aromatic heterocycles. The molecule has 4 fully saturated rings. The topological polar surface area (TPSA) is 90.0 Å². The van der Waals surface area contributed by atoms with Gasteiger partial charge in [0, 0.05) is 23.2 Å². The number of epoxide rings is 1. The van der Waals surface area contributed by atoms with Crippen LogP contribution in [0.15, 0.2) is 12.2 Å². The average molecular weight is 373 g/mol. The standard InChI is InChI=1S/C22H30O5/c1-19-8-5-14(23)11-13(19)3-4-16-15-6-9-21(26,10-7-18(24)25)20(15,2)12-17-22(16,19)27-17/h5,8,13,15-17,26H,3-4,6-7,9-12H2,1-2H3,(H,24,25)/p-1/t13-,15-,16-,17+,19-,20-,21+,22-/m0/s1. The van der Waals surface area contributed by atoms with Crippen molar-refractivity contribution in [3.05, 3.63) is 12.2 Å². The SMILES string of the molecule is C[C@]12C=CC(=O)C[C@@H]1CC[C@H]1[C@@H]3CC[C@@](O)(CCC(=O)[O-])[C@@]3(C)C[C@H]3O[C@]312. The van der Waals surface area contributed by atoms with Gasteiger partial charge in [0.15, 0.2) is 5.78 Å². The molecule has 1 N–H and O–H groups in total. The van der Waals surface area contributed by atoms with Crippen molar-refractivity contribution in [1.82, 2.24) is 0 Å². The van der Waals surface area contributed by atoms with Crippen LogP contribution >= 0.6 is 0 Å². The Bertz CT molecular complexity index is 745. The van der Waals surface area contributed by atoms with Gasteiger partial charge in [0.2, 0.25) is 0 Å². The molecule has 0 aromatic carbocycles. The monoisotopic (exact) mass is 373 g/mol. The summed E-state index contributed by atoms with van der Waals surface area (Å²) in [4.78, 5) is 23.0. The van der Waals surface area contributed by atoms with Gasteiger partial charge in [0.1, 0.15) is 5.60 Å². The van der Waals surface area contributed by atoms with Crippen LogP contribution in [0.25, 0.3) is 0 Å². The van der Waals surface area contributed by atoms with E-state index in [1.54, 1.807) is 6.08 Å². The zero-order valence-electron chi connectivity index (χ0n) is 16.2. The van der Waals surface area contributed by atoms with Crippen molar-refractivity contribution >= 4 is 11.8 Å². The first-order valence-corrected chi connectivity index (χ1v) is 10.5. The minimum atomic E-state index is -1.09. The van der Waals surface area contributed by atoms with Crippen LogP contribution in [0.2, 0.25) is 0 Å². The molecule has 5 rings (SSSR count). The molecule has 3 saturated carbocycles. The maximum absolute atomic E-state index is 12.0. The molecular formula is C22H29O5-. The van der Waals surface area contributed by atoms with E-state index >= 15 is 0 Å². The third-order valence-electron chi connectivity index (χ3n) is 9.48. The second-order valence-electron chi connectivity index (χ2n) is 10.2. The number of aliphatic carboxylic acids is 1. The molecule has 0 radical (unpaired) electrons. The first-order valence-electron chi connectivity index (χ1n) is 10.5. The first kappa shape index (κ1) is 17.9. The molecule has 27 heavy (non-hydrogen) atoms. The number of carbonyl (C=O) groups excluding carboxylic acids is 2. The Hall–Kier alpha value is -1.20. The fourth-order valence-corrected chi connectivity index (χ4v) is 7.90. The van der Waals surface area contributed by atoms with Gasteiger partial charge in [0.05, 0.1) is 11.7 Å². The molecule has 1 spiro atoms. The predicted octanol–water partition coefficient (Wildman–Crippen LogP) is 1.77. The third kappa shape index (κ3) is 2.02. The number of hydrogen-bond acceptors (Lipinski definition) is 5. The normalized spacial score (nSPS) is 55.3. The van der Waals surface area contributed by atoms with Gasteiger partial charge in [-0.05, 0) is 68.8 Å². The summed E-state index contributed by atoms with van der Waals surface area (Å²) < 4.78 is 6.50. The average Bonchev–Trinajstić information content (AvgIpc) is 3.26. The number of rotatable bonds is 3. The number of hydrogen-bond donors (Lipinski definition) is 1. The van der Waals surface area contributed by atoms with E-state index in [-0.39, 0.29) is 41.2 Å². The minimum absolute atomic E-state index is 0.0925. The van der Waals surface area contributed by atoms with Gasteiger partial charge in [-0.25, -0.2) is 0 Å². The van der Waals surface area contributed by atoms with E-state index in [0.29, 0.717) is 30.6 Å². The number of aliphatic hydroxyl groups is 1. The highest BCUT2D eigenvalue weighted by Crippen LogP contribution is 2.76. The van der Waals surface area contributed by atoms with Crippen molar-refractivity contribution in [1.29, 1.82) is 0 Å². The summed E-state index contributed by atoms with van der Waals surface area (Å²) in [5.74, 6) is 0.194. The predicted molar refractivity (Wildman–Crippen MR) is 95.3 cm³/mol. The largest absolute Gasteiger partial charge is 0.550 e. The van der Waals surface area contributed by atoms with Crippen molar-refractivity contribution in [2.24, 2.45) is 28.6 Å². The Balaban J connectivity index is 1.50. The number of carbonyl (C=O) groups is 2. The number of carboxylic acids is 1. The highest BCUT2D eigenvalue weighted by atomic mass is 16.6. The summed E-state index contributed by atoms with van der Waals surface area (Å²) in [5.41, 5.74) is -1.57. The quantitative estimate of drug-likeness (QED) is 0.762. The zero-order valence-corrected chi connectivity index (χ0v) is 16.2. The molecule has 0 bridgehead atoms. The van der Waals surface area contributed by atoms with E-state index in [0.717, 1.165) is 25.7 Å². The van der Waals surface area contributed by atoms with Crippen LogP contribution in [0.3, 0.4) is 0 Å². The van der Waals surface area contributed by atoms with Crippen LogP contribution in [-0.2, 0) is 14.3 Å². The van der Waals surface area contributed by atoms with Gasteiger partial charge in [0.25, 0.3) is 0 Å². The van der Waals surface area contributed by atoms with Gasteiger partial charge in [-0.15, -0.1) is 0 Å². The number of fused-ring (bicyclic) bond motifs is 3. The van der Waals surface area contributed by atoms with Gasteiger partial charge < -0.3 is 19.7 Å². The van der Waals surface area contributed by atoms with E-state index in [4.69, 9.17) is 4.74 Å². The Morgan fingerprint density at radius 3 is 2.81 bits per heavy atom. The van der Waals surface area contributed by atoms with Crippen LogP contribution in [0.1, 0.15) is 65.2 Å². The Morgan fingerprint density at radius 2 is 2.07 bits per heavy atom. The molecule has 0 amide bonds. The van der Waals surface area contributed by atoms with Crippen LogP contribution in [0, 0.1) is 28.6 Å². The van der Waals surface area contributed by atoms with Crippen LogP contribution < -0.4 is 5.11 Å². The molecule has 5 aliphatic rings. The lowest BCUT2D eigenvalue weighted by atomic mass is 9.45. The number of carboxylic acid groups (broad SMARTS) is 1. The summed E-state index contributed by atoms with van der Waals surface area (Å²) in [5, 5.41) is 22.5.